The van der Waals surface area contributed by atoms with Crippen LogP contribution in [0.2, 0.25) is 10.0 Å². The molecule has 2 saturated heterocycles. The number of Topliss-reactive ketones (excluding diaryl/α,β-unsaturated/α-hetero) is 1. The number of nitrogens with one attached hydrogen (secondary N) is 3. The van der Waals surface area contributed by atoms with Crippen LogP contribution in [0, 0.1) is 0 Å². The molecule has 12 nitrogen and oxygen atoms in total. The number of carbonyl (C=O) groups is 6. The Balaban J connectivity index is 1.30. The Hall–Kier alpha value is -4.16. The summed E-state index contributed by atoms with van der Waals surface area (Å²) < 4.78 is 5.26. The molecule has 48 heavy (non-hydrogen) atoms. The number of hydrazine groups is 1. The van der Waals surface area contributed by atoms with Gasteiger partial charge in [-0.05, 0) is 56.2 Å². The number of amides is 5. The van der Waals surface area contributed by atoms with Crippen molar-refractivity contribution in [3.8, 4) is 0 Å². The van der Waals surface area contributed by atoms with Gasteiger partial charge in [-0.15, -0.1) is 0 Å². The first kappa shape index (κ1) is 35.2. The molecule has 0 bridgehead atoms. The van der Waals surface area contributed by atoms with Crippen LogP contribution in [0.15, 0.2) is 48.5 Å². The van der Waals surface area contributed by atoms with Crippen molar-refractivity contribution in [3.63, 3.8) is 0 Å². The Labute approximate surface area is 288 Å². The monoisotopic (exact) mass is 699 g/mol. The summed E-state index contributed by atoms with van der Waals surface area (Å²) in [5.41, 5.74) is 0.649. The van der Waals surface area contributed by atoms with Crippen molar-refractivity contribution >= 4 is 58.7 Å². The number of esters is 1. The maximum atomic E-state index is 13.9. The normalized spacial score (nSPS) is 20.6. The Morgan fingerprint density at radius 2 is 1.56 bits per heavy atom. The molecule has 0 radical (unpaired) electrons. The van der Waals surface area contributed by atoms with Crippen molar-refractivity contribution in [2.24, 2.45) is 0 Å². The third-order valence-corrected chi connectivity index (χ3v) is 9.54. The predicted octanol–water partition coefficient (Wildman–Crippen LogP) is 3.98. The lowest BCUT2D eigenvalue weighted by molar-refractivity contribution is -0.176. The second-order valence-corrected chi connectivity index (χ2v) is 13.1. The predicted molar refractivity (Wildman–Crippen MR) is 177 cm³/mol. The van der Waals surface area contributed by atoms with Crippen molar-refractivity contribution in [2.75, 3.05) is 13.2 Å². The number of ether oxygens (including phenoxy) is 1. The number of hydrogen-bond donors (Lipinski definition) is 3. The number of hydrogen-bond acceptors (Lipinski definition) is 7. The van der Waals surface area contributed by atoms with Gasteiger partial charge in [-0.3, -0.25) is 24.2 Å². The topological polar surface area (TPSA) is 154 Å². The van der Waals surface area contributed by atoms with Gasteiger partial charge in [-0.25, -0.2) is 14.6 Å². The molecule has 0 spiro atoms. The zero-order valence-corrected chi connectivity index (χ0v) is 27.9. The highest BCUT2D eigenvalue weighted by Crippen LogP contribution is 2.27. The maximum absolute atomic E-state index is 13.9. The summed E-state index contributed by atoms with van der Waals surface area (Å²) in [4.78, 5) is 80.1. The summed E-state index contributed by atoms with van der Waals surface area (Å²) in [5.74, 6) is -3.06. The number of rotatable bonds is 10. The largest absolute Gasteiger partial charge is 0.454 e. The molecule has 3 aliphatic rings. The molecule has 1 aliphatic carbocycles. The fraction of sp³-hybridized carbons (Fsp3) is 0.471. The molecule has 2 aliphatic heterocycles. The number of carbonyl (C=O) groups excluding carboxylic acids is 6. The first-order valence-electron chi connectivity index (χ1n) is 16.3. The first-order chi connectivity index (χ1) is 23.1. The van der Waals surface area contributed by atoms with Gasteiger partial charge in [0.1, 0.15) is 12.1 Å². The standard InChI is InChI=1S/C34H39Cl2N5O7/c35-23-13-7-14-24(36)30(23)33(46)48-20-28(42)26(19-21-9-3-1-4-10-21)38-31(44)27-15-8-18-40-29(43)17-16-25(32(45)41(27)40)39-34(47)37-22-11-5-2-6-12-22/h1,3-4,7,9-10,13-14,22,25-27H,2,5-6,8,11-12,15-20H2,(H,38,44)(H2,37,39,47)/t25-,26-,27-/m0/s1. The van der Waals surface area contributed by atoms with Crippen molar-refractivity contribution in [2.45, 2.75) is 88.4 Å². The van der Waals surface area contributed by atoms with Crippen LogP contribution in [0.1, 0.15) is 73.7 Å². The quantitative estimate of drug-likeness (QED) is 0.317. The summed E-state index contributed by atoms with van der Waals surface area (Å²) in [6.45, 7) is -0.444. The molecule has 5 amide bonds. The van der Waals surface area contributed by atoms with Crippen LogP contribution in [0.5, 0.6) is 0 Å². The zero-order chi connectivity index (χ0) is 34.2. The van der Waals surface area contributed by atoms with E-state index in [0.29, 0.717) is 6.42 Å². The molecule has 0 aromatic heterocycles. The van der Waals surface area contributed by atoms with E-state index in [0.717, 1.165) is 42.7 Å². The van der Waals surface area contributed by atoms with Crippen LogP contribution in [0.4, 0.5) is 4.79 Å². The van der Waals surface area contributed by atoms with Gasteiger partial charge in [0.05, 0.1) is 21.7 Å². The Bertz CT molecular complexity index is 1510. The Morgan fingerprint density at radius 1 is 0.854 bits per heavy atom. The summed E-state index contributed by atoms with van der Waals surface area (Å²) in [7, 11) is 0. The van der Waals surface area contributed by atoms with Gasteiger partial charge in [0, 0.05) is 19.0 Å². The summed E-state index contributed by atoms with van der Waals surface area (Å²) in [6.07, 6.45) is 5.75. The highest BCUT2D eigenvalue weighted by atomic mass is 35.5. The third-order valence-electron chi connectivity index (χ3n) is 8.91. The van der Waals surface area contributed by atoms with Gasteiger partial charge < -0.3 is 20.7 Å². The van der Waals surface area contributed by atoms with Crippen molar-refractivity contribution in [3.05, 3.63) is 69.7 Å². The molecule has 3 atom stereocenters. The van der Waals surface area contributed by atoms with Crippen molar-refractivity contribution in [1.82, 2.24) is 26.0 Å². The van der Waals surface area contributed by atoms with Crippen LogP contribution in [-0.4, -0.2) is 82.8 Å². The second kappa shape index (κ2) is 16.3. The molecule has 1 saturated carbocycles. The average Bonchev–Trinajstić information content (AvgIpc) is 3.19. The Kier molecular flexibility index (Phi) is 11.9. The van der Waals surface area contributed by atoms with E-state index in [-0.39, 0.29) is 59.8 Å². The number of fused-ring (bicyclic) bond motifs is 1. The third kappa shape index (κ3) is 8.65. The maximum Gasteiger partial charge on any atom is 0.341 e. The lowest BCUT2D eigenvalue weighted by atomic mass is 9.96. The number of halogens is 2. The van der Waals surface area contributed by atoms with E-state index in [9.17, 15) is 28.8 Å². The fourth-order valence-electron chi connectivity index (χ4n) is 6.40. The van der Waals surface area contributed by atoms with Gasteiger partial charge in [0.25, 0.3) is 5.91 Å². The molecule has 5 rings (SSSR count). The number of nitrogens with zero attached hydrogens (tertiary/aromatic N) is 2. The van der Waals surface area contributed by atoms with Crippen molar-refractivity contribution < 1.29 is 33.5 Å². The van der Waals surface area contributed by atoms with Crippen LogP contribution in [-0.2, 0) is 30.3 Å². The molecule has 2 heterocycles. The SMILES string of the molecule is O=C(NC1CCCCC1)N[C@H]1CCC(=O)N2CCC[C@@H](C(=O)N[C@@H](Cc3ccccc3)C(=O)COC(=O)c3c(Cl)cccc3Cl)N2C1=O. The number of urea groups is 1. The number of ketones is 1. The van der Waals surface area contributed by atoms with Crippen LogP contribution < -0.4 is 16.0 Å². The molecular weight excluding hydrogens is 661 g/mol. The summed E-state index contributed by atoms with van der Waals surface area (Å²) >= 11 is 12.2. The van der Waals surface area contributed by atoms with Crippen molar-refractivity contribution in [1.29, 1.82) is 0 Å². The zero-order valence-electron chi connectivity index (χ0n) is 26.4. The van der Waals surface area contributed by atoms with Gasteiger partial charge in [-0.1, -0.05) is 78.9 Å². The molecule has 2 aromatic rings. The van der Waals surface area contributed by atoms with Gasteiger partial charge >= 0.3 is 12.0 Å². The van der Waals surface area contributed by atoms with Gasteiger partial charge in [-0.2, -0.15) is 0 Å². The van der Waals surface area contributed by atoms with E-state index < -0.39 is 54.3 Å². The average molecular weight is 701 g/mol. The highest BCUT2D eigenvalue weighted by molar-refractivity contribution is 6.39. The fourth-order valence-corrected chi connectivity index (χ4v) is 6.96. The molecule has 2 aromatic carbocycles. The number of benzene rings is 2. The van der Waals surface area contributed by atoms with E-state index in [1.165, 1.54) is 17.1 Å². The smallest absolute Gasteiger partial charge is 0.341 e. The lowest BCUT2D eigenvalue weighted by Crippen LogP contribution is -2.65. The van der Waals surface area contributed by atoms with E-state index in [1.807, 2.05) is 6.07 Å². The van der Waals surface area contributed by atoms with E-state index in [1.54, 1.807) is 30.3 Å². The Morgan fingerprint density at radius 3 is 2.27 bits per heavy atom. The van der Waals surface area contributed by atoms with Gasteiger partial charge in [0.15, 0.2) is 12.4 Å². The highest BCUT2D eigenvalue weighted by Gasteiger charge is 2.45. The van der Waals surface area contributed by atoms with Gasteiger partial charge in [0.2, 0.25) is 11.8 Å². The van der Waals surface area contributed by atoms with E-state index in [4.69, 9.17) is 27.9 Å². The molecule has 14 heteroatoms. The minimum atomic E-state index is -1.14. The lowest BCUT2D eigenvalue weighted by Gasteiger charge is -2.43. The van der Waals surface area contributed by atoms with Crippen LogP contribution in [0.3, 0.4) is 0 Å². The molecule has 256 valence electrons. The van der Waals surface area contributed by atoms with E-state index >= 15 is 0 Å². The molecule has 3 fully saturated rings. The van der Waals surface area contributed by atoms with Crippen LogP contribution >= 0.6 is 23.2 Å². The summed E-state index contributed by atoms with van der Waals surface area (Å²) in [6, 6.07) is 9.72. The summed E-state index contributed by atoms with van der Waals surface area (Å²) in [5, 5.41) is 11.0. The minimum Gasteiger partial charge on any atom is -0.454 e. The molecule has 3 N–H and O–H groups in total. The molecular formula is C34H39Cl2N5O7. The minimum absolute atomic E-state index is 0.0148. The van der Waals surface area contributed by atoms with Crippen LogP contribution in [0.25, 0.3) is 0 Å². The second-order valence-electron chi connectivity index (χ2n) is 12.3. The van der Waals surface area contributed by atoms with E-state index in [2.05, 4.69) is 16.0 Å². The first-order valence-corrected chi connectivity index (χ1v) is 17.1. The molecule has 0 unspecified atom stereocenters.